The van der Waals surface area contributed by atoms with Crippen LogP contribution in [0.1, 0.15) is 52.0 Å². The van der Waals surface area contributed by atoms with Gasteiger partial charge in [0.05, 0.1) is 11.5 Å². The Morgan fingerprint density at radius 1 is 1.20 bits per heavy atom. The lowest BCUT2D eigenvalue weighted by Crippen LogP contribution is -2.70. The van der Waals surface area contributed by atoms with E-state index in [1.165, 1.54) is 0 Å². The predicted octanol–water partition coefficient (Wildman–Crippen LogP) is 2.48. The van der Waals surface area contributed by atoms with Crippen LogP contribution in [0.15, 0.2) is 30.3 Å². The first kappa shape index (κ1) is 17.2. The maximum Gasteiger partial charge on any atom is 0.137 e. The fraction of sp³-hybridized carbons (Fsp3) is 0.667. The zero-order valence-electron chi connectivity index (χ0n) is 15.4. The van der Waals surface area contributed by atoms with Crippen molar-refractivity contribution in [1.82, 2.24) is 4.90 Å². The minimum absolute atomic E-state index is 0.0407. The molecule has 1 aromatic rings. The second-order valence-corrected chi connectivity index (χ2v) is 8.74. The third-order valence-corrected chi connectivity index (χ3v) is 7.18. The number of carbonyl (C=O) groups is 1. The van der Waals surface area contributed by atoms with E-state index in [-0.39, 0.29) is 29.7 Å². The lowest BCUT2D eigenvalue weighted by molar-refractivity contribution is -0.205. The van der Waals surface area contributed by atoms with Gasteiger partial charge in [-0.25, -0.2) is 0 Å². The second-order valence-electron chi connectivity index (χ2n) is 8.74. The molecule has 7 unspecified atom stereocenters. The molecule has 7 atom stereocenters. The molecule has 3 aliphatic heterocycles. The minimum atomic E-state index is -1.08. The Kier molecular flexibility index (Phi) is 3.87. The van der Waals surface area contributed by atoms with E-state index in [4.69, 9.17) is 0 Å². The van der Waals surface area contributed by atoms with E-state index in [2.05, 4.69) is 11.8 Å². The molecule has 0 aromatic heterocycles. The van der Waals surface area contributed by atoms with Gasteiger partial charge in [0, 0.05) is 18.1 Å². The van der Waals surface area contributed by atoms with Crippen molar-refractivity contribution < 1.29 is 15.0 Å². The summed E-state index contributed by atoms with van der Waals surface area (Å²) in [6.45, 7) is 5.51. The molecule has 0 amide bonds. The van der Waals surface area contributed by atoms with E-state index in [1.807, 2.05) is 30.3 Å². The maximum atomic E-state index is 12.3. The summed E-state index contributed by atoms with van der Waals surface area (Å²) in [5.41, 5.74) is -1.15. The quantitative estimate of drug-likeness (QED) is 0.866. The molecule has 4 heteroatoms. The van der Waals surface area contributed by atoms with Crippen molar-refractivity contribution in [2.24, 2.45) is 11.8 Å². The van der Waals surface area contributed by atoms with Gasteiger partial charge in [0.25, 0.3) is 0 Å². The van der Waals surface area contributed by atoms with Gasteiger partial charge in [0.15, 0.2) is 0 Å². The number of benzene rings is 1. The van der Waals surface area contributed by atoms with E-state index >= 15 is 0 Å². The van der Waals surface area contributed by atoms with Crippen molar-refractivity contribution in [2.75, 3.05) is 0 Å². The molecule has 1 aromatic carbocycles. The fourth-order valence-corrected chi connectivity index (χ4v) is 6.22. The van der Waals surface area contributed by atoms with E-state index < -0.39 is 11.2 Å². The van der Waals surface area contributed by atoms with Crippen molar-refractivity contribution in [3.63, 3.8) is 0 Å². The fourth-order valence-electron chi connectivity index (χ4n) is 6.22. The zero-order chi connectivity index (χ0) is 18.0. The SMILES string of the molecule is CC(=O)C1C2CCC3CC(C)C(O)(c4ccccc4)C(CC1(C)O)N32. The average Bonchev–Trinajstić information content (AvgIpc) is 2.95. The number of ketones is 1. The van der Waals surface area contributed by atoms with Crippen LogP contribution in [0.5, 0.6) is 0 Å². The highest BCUT2D eigenvalue weighted by molar-refractivity contribution is 5.80. The molecule has 0 spiro atoms. The Hall–Kier alpha value is -1.23. The van der Waals surface area contributed by atoms with E-state index in [0.29, 0.717) is 12.5 Å². The summed E-state index contributed by atoms with van der Waals surface area (Å²) in [5.74, 6) is -0.178. The van der Waals surface area contributed by atoms with Crippen LogP contribution in [0.4, 0.5) is 0 Å². The first-order valence-electron chi connectivity index (χ1n) is 9.55. The Labute approximate surface area is 149 Å². The second kappa shape index (κ2) is 5.63. The number of aliphatic hydroxyl groups is 2. The highest BCUT2D eigenvalue weighted by atomic mass is 16.3. The number of carbonyl (C=O) groups excluding carboxylic acids is 1. The molecule has 4 nitrogen and oxygen atoms in total. The van der Waals surface area contributed by atoms with Gasteiger partial charge in [0.2, 0.25) is 0 Å². The van der Waals surface area contributed by atoms with Crippen LogP contribution < -0.4 is 0 Å². The van der Waals surface area contributed by atoms with Crippen LogP contribution in [0, 0.1) is 11.8 Å². The summed E-state index contributed by atoms with van der Waals surface area (Å²) in [6, 6.07) is 10.2. The maximum absolute atomic E-state index is 12.3. The van der Waals surface area contributed by atoms with E-state index in [9.17, 15) is 15.0 Å². The Balaban J connectivity index is 1.82. The van der Waals surface area contributed by atoms with Crippen molar-refractivity contribution in [2.45, 2.75) is 75.8 Å². The van der Waals surface area contributed by atoms with Crippen molar-refractivity contribution in [3.05, 3.63) is 35.9 Å². The van der Waals surface area contributed by atoms with Crippen LogP contribution in [0.2, 0.25) is 0 Å². The van der Waals surface area contributed by atoms with Crippen LogP contribution in [-0.4, -0.2) is 44.6 Å². The lowest BCUT2D eigenvalue weighted by atomic mass is 9.62. The zero-order valence-corrected chi connectivity index (χ0v) is 15.4. The summed E-state index contributed by atoms with van der Waals surface area (Å²) in [7, 11) is 0. The first-order chi connectivity index (χ1) is 11.8. The summed E-state index contributed by atoms with van der Waals surface area (Å²) < 4.78 is 0. The van der Waals surface area contributed by atoms with E-state index in [0.717, 1.165) is 24.8 Å². The molecule has 136 valence electrons. The summed E-state index contributed by atoms with van der Waals surface area (Å²) in [5, 5.41) is 23.1. The number of hydrogen-bond donors (Lipinski definition) is 2. The number of Topliss-reactive ketones (excluding diaryl/α,β-unsaturated/α-hetero) is 1. The molecule has 3 saturated heterocycles. The smallest absolute Gasteiger partial charge is 0.137 e. The monoisotopic (exact) mass is 343 g/mol. The third-order valence-electron chi connectivity index (χ3n) is 7.18. The number of piperidine rings is 2. The van der Waals surface area contributed by atoms with Crippen molar-refractivity contribution in [1.29, 1.82) is 0 Å². The summed E-state index contributed by atoms with van der Waals surface area (Å²) in [6.07, 6.45) is 3.35. The third kappa shape index (κ3) is 2.34. The lowest BCUT2D eigenvalue weighted by Gasteiger charge is -2.60. The Morgan fingerprint density at radius 2 is 1.88 bits per heavy atom. The molecule has 3 fully saturated rings. The van der Waals surface area contributed by atoms with E-state index in [1.54, 1.807) is 13.8 Å². The van der Waals surface area contributed by atoms with Crippen LogP contribution >= 0.6 is 0 Å². The standard InChI is InChI=1S/C21H29NO3/c1-13-11-16-9-10-17-19(14(2)23)20(3,24)12-18(22(16)17)21(13,25)15-7-5-4-6-8-15/h4-8,13,16-19,24-25H,9-12H2,1-3H3. The minimum Gasteiger partial charge on any atom is -0.389 e. The summed E-state index contributed by atoms with van der Waals surface area (Å²) >= 11 is 0. The van der Waals surface area contributed by atoms with Crippen molar-refractivity contribution in [3.8, 4) is 0 Å². The molecule has 0 bridgehead atoms. The highest BCUT2D eigenvalue weighted by Gasteiger charge is 2.63. The van der Waals surface area contributed by atoms with Crippen LogP contribution in [0.3, 0.4) is 0 Å². The first-order valence-corrected chi connectivity index (χ1v) is 9.55. The van der Waals surface area contributed by atoms with Crippen molar-refractivity contribution >= 4 is 5.78 Å². The molecule has 0 aliphatic carbocycles. The van der Waals surface area contributed by atoms with Gasteiger partial charge in [-0.15, -0.1) is 0 Å². The molecular weight excluding hydrogens is 314 g/mol. The molecule has 0 saturated carbocycles. The molecule has 3 heterocycles. The predicted molar refractivity (Wildman–Crippen MR) is 96.0 cm³/mol. The van der Waals surface area contributed by atoms with Gasteiger partial charge in [-0.05, 0) is 51.0 Å². The number of rotatable bonds is 2. The molecule has 4 rings (SSSR count). The highest BCUT2D eigenvalue weighted by Crippen LogP contribution is 2.55. The molecule has 25 heavy (non-hydrogen) atoms. The van der Waals surface area contributed by atoms with Crippen LogP contribution in [-0.2, 0) is 10.4 Å². The van der Waals surface area contributed by atoms with Gasteiger partial charge in [-0.1, -0.05) is 37.3 Å². The van der Waals surface area contributed by atoms with Gasteiger partial charge >= 0.3 is 0 Å². The Morgan fingerprint density at radius 3 is 2.52 bits per heavy atom. The topological polar surface area (TPSA) is 60.8 Å². The Bertz CT molecular complexity index is 673. The van der Waals surface area contributed by atoms with Crippen LogP contribution in [0.25, 0.3) is 0 Å². The molecule has 0 radical (unpaired) electrons. The molecular formula is C21H29NO3. The van der Waals surface area contributed by atoms with Gasteiger partial charge in [-0.3, -0.25) is 9.69 Å². The number of nitrogens with zero attached hydrogens (tertiary/aromatic N) is 1. The summed E-state index contributed by atoms with van der Waals surface area (Å²) in [4.78, 5) is 14.7. The normalized spacial score (nSPS) is 46.7. The molecule has 2 N–H and O–H groups in total. The van der Waals surface area contributed by atoms with Gasteiger partial charge < -0.3 is 10.2 Å². The molecule has 3 aliphatic rings. The largest absolute Gasteiger partial charge is 0.389 e. The average molecular weight is 343 g/mol. The number of hydrogen-bond acceptors (Lipinski definition) is 4. The van der Waals surface area contributed by atoms with Gasteiger partial charge in [-0.2, -0.15) is 0 Å². The van der Waals surface area contributed by atoms with Gasteiger partial charge in [0.1, 0.15) is 11.4 Å².